The number of nitrogens with two attached hydrogens (primary N) is 1. The van der Waals surface area contributed by atoms with Crippen LogP contribution < -0.4 is 5.73 Å². The van der Waals surface area contributed by atoms with E-state index < -0.39 is 6.04 Å². The maximum absolute atomic E-state index is 12.5. The van der Waals surface area contributed by atoms with Gasteiger partial charge in [-0.25, -0.2) is 4.79 Å². The van der Waals surface area contributed by atoms with Crippen LogP contribution in [0.15, 0.2) is 0 Å². The summed E-state index contributed by atoms with van der Waals surface area (Å²) >= 11 is 0. The molecular formula is C12H18N4O3. The molecule has 1 atom stereocenters. The molecule has 0 saturated carbocycles. The van der Waals surface area contributed by atoms with Crippen LogP contribution in [0.25, 0.3) is 0 Å². The molecule has 0 aliphatic carbocycles. The molecule has 2 heterocycles. The summed E-state index contributed by atoms with van der Waals surface area (Å²) < 4.78 is 6.19. The Balaban J connectivity index is 2.31. The molecule has 1 aromatic heterocycles. The molecule has 7 heteroatoms. The van der Waals surface area contributed by atoms with Gasteiger partial charge in [-0.1, -0.05) is 0 Å². The Hall–Kier alpha value is -2.05. The van der Waals surface area contributed by atoms with E-state index in [2.05, 4.69) is 5.10 Å². The molecule has 0 aromatic carbocycles. The van der Waals surface area contributed by atoms with E-state index in [4.69, 9.17) is 10.5 Å². The summed E-state index contributed by atoms with van der Waals surface area (Å²) in [6.45, 7) is 2.27. The zero-order chi connectivity index (χ0) is 14.2. The zero-order valence-corrected chi connectivity index (χ0v) is 11.3. The maximum atomic E-state index is 12.5. The van der Waals surface area contributed by atoms with Crippen LogP contribution in [0.1, 0.15) is 29.0 Å². The Bertz CT molecular complexity index is 523. The smallest absolute Gasteiger partial charge is 0.328 e. The summed E-state index contributed by atoms with van der Waals surface area (Å²) in [5.74, 6) is -0.656. The number of nitrogens with zero attached hydrogens (tertiary/aromatic N) is 3. The van der Waals surface area contributed by atoms with Gasteiger partial charge in [0.05, 0.1) is 18.5 Å². The third-order valence-corrected chi connectivity index (χ3v) is 3.46. The van der Waals surface area contributed by atoms with Crippen molar-refractivity contribution in [3.63, 3.8) is 0 Å². The van der Waals surface area contributed by atoms with Crippen LogP contribution in [-0.4, -0.2) is 46.3 Å². The van der Waals surface area contributed by atoms with E-state index in [1.807, 2.05) is 0 Å². The molecule has 2 rings (SSSR count). The van der Waals surface area contributed by atoms with Crippen LogP contribution in [0.5, 0.6) is 0 Å². The predicted octanol–water partition coefficient (Wildman–Crippen LogP) is 0.0883. The van der Waals surface area contributed by atoms with Crippen molar-refractivity contribution in [1.29, 1.82) is 0 Å². The van der Waals surface area contributed by atoms with Gasteiger partial charge in [-0.3, -0.25) is 9.48 Å². The van der Waals surface area contributed by atoms with E-state index in [-0.39, 0.29) is 11.9 Å². The van der Waals surface area contributed by atoms with E-state index in [0.29, 0.717) is 30.0 Å². The van der Waals surface area contributed by atoms with E-state index in [1.165, 1.54) is 16.7 Å². The number of ether oxygens (including phenoxy) is 1. The van der Waals surface area contributed by atoms with Crippen LogP contribution in [0, 0.1) is 6.92 Å². The Morgan fingerprint density at radius 1 is 1.47 bits per heavy atom. The van der Waals surface area contributed by atoms with Gasteiger partial charge >= 0.3 is 5.97 Å². The van der Waals surface area contributed by atoms with Gasteiger partial charge in [0.1, 0.15) is 11.7 Å². The van der Waals surface area contributed by atoms with Crippen LogP contribution >= 0.6 is 0 Å². The van der Waals surface area contributed by atoms with Crippen molar-refractivity contribution in [2.75, 3.05) is 19.4 Å². The highest BCUT2D eigenvalue weighted by Gasteiger charge is 2.37. The van der Waals surface area contributed by atoms with E-state index in [9.17, 15) is 9.59 Å². The molecule has 1 amide bonds. The average molecular weight is 266 g/mol. The lowest BCUT2D eigenvalue weighted by atomic mass is 10.2. The lowest BCUT2D eigenvalue weighted by molar-refractivity contribution is -0.145. The van der Waals surface area contributed by atoms with Crippen molar-refractivity contribution >= 4 is 17.6 Å². The predicted molar refractivity (Wildman–Crippen MR) is 68.4 cm³/mol. The van der Waals surface area contributed by atoms with Gasteiger partial charge < -0.3 is 15.4 Å². The second-order valence-electron chi connectivity index (χ2n) is 4.65. The molecular weight excluding hydrogens is 248 g/mol. The minimum Gasteiger partial charge on any atom is -0.467 e. The number of likely N-dealkylation sites (tertiary alicyclic amines) is 1. The van der Waals surface area contributed by atoms with Crippen LogP contribution in [0.2, 0.25) is 0 Å². The first-order chi connectivity index (χ1) is 8.97. The fourth-order valence-corrected chi connectivity index (χ4v) is 2.46. The highest BCUT2D eigenvalue weighted by atomic mass is 16.5. The van der Waals surface area contributed by atoms with Crippen molar-refractivity contribution in [3.8, 4) is 0 Å². The van der Waals surface area contributed by atoms with Crippen molar-refractivity contribution in [1.82, 2.24) is 14.7 Å². The highest BCUT2D eigenvalue weighted by Crippen LogP contribution is 2.24. The van der Waals surface area contributed by atoms with Crippen molar-refractivity contribution in [3.05, 3.63) is 11.4 Å². The fraction of sp³-hybridized carbons (Fsp3) is 0.583. The van der Waals surface area contributed by atoms with Crippen LogP contribution in [-0.2, 0) is 16.6 Å². The fourth-order valence-electron chi connectivity index (χ4n) is 2.46. The molecule has 104 valence electrons. The van der Waals surface area contributed by atoms with E-state index >= 15 is 0 Å². The van der Waals surface area contributed by atoms with Crippen LogP contribution in [0.3, 0.4) is 0 Å². The largest absolute Gasteiger partial charge is 0.467 e. The number of anilines is 1. The topological polar surface area (TPSA) is 90.4 Å². The second-order valence-corrected chi connectivity index (χ2v) is 4.65. The number of esters is 1. The summed E-state index contributed by atoms with van der Waals surface area (Å²) in [4.78, 5) is 25.7. The van der Waals surface area contributed by atoms with Gasteiger partial charge in [-0.2, -0.15) is 5.10 Å². The molecule has 1 aromatic rings. The Labute approximate surface area is 111 Å². The number of rotatable bonds is 2. The lowest BCUT2D eigenvalue weighted by Gasteiger charge is -2.22. The molecule has 0 spiro atoms. The first kappa shape index (κ1) is 13.4. The summed E-state index contributed by atoms with van der Waals surface area (Å²) in [6.07, 6.45) is 1.40. The number of amides is 1. The number of methoxy groups -OCH3 is 1. The minimum atomic E-state index is -0.521. The van der Waals surface area contributed by atoms with E-state index in [0.717, 1.165) is 6.42 Å². The molecule has 0 bridgehead atoms. The van der Waals surface area contributed by atoms with Gasteiger partial charge in [0, 0.05) is 13.6 Å². The van der Waals surface area contributed by atoms with Crippen molar-refractivity contribution in [2.24, 2.45) is 7.05 Å². The number of aryl methyl sites for hydroxylation is 2. The Morgan fingerprint density at radius 2 is 2.16 bits per heavy atom. The first-order valence-electron chi connectivity index (χ1n) is 6.15. The Morgan fingerprint density at radius 3 is 2.68 bits per heavy atom. The lowest BCUT2D eigenvalue weighted by Crippen LogP contribution is -2.42. The Kier molecular flexibility index (Phi) is 3.46. The summed E-state index contributed by atoms with van der Waals surface area (Å²) in [7, 11) is 2.99. The quantitative estimate of drug-likeness (QED) is 0.766. The molecule has 1 unspecified atom stereocenters. The summed E-state index contributed by atoms with van der Waals surface area (Å²) in [6, 6.07) is -0.521. The van der Waals surface area contributed by atoms with Gasteiger partial charge in [-0.15, -0.1) is 0 Å². The summed E-state index contributed by atoms with van der Waals surface area (Å²) in [5, 5.41) is 4.12. The molecule has 1 fully saturated rings. The molecule has 1 aliphatic heterocycles. The van der Waals surface area contributed by atoms with Crippen LogP contribution in [0.4, 0.5) is 5.69 Å². The third-order valence-electron chi connectivity index (χ3n) is 3.46. The number of nitrogen functional groups attached to an aromatic ring is 1. The number of aromatic nitrogens is 2. The number of hydrogen-bond acceptors (Lipinski definition) is 5. The molecule has 7 nitrogen and oxygen atoms in total. The minimum absolute atomic E-state index is 0.270. The van der Waals surface area contributed by atoms with Gasteiger partial charge in [0.25, 0.3) is 5.91 Å². The van der Waals surface area contributed by atoms with Crippen molar-refractivity contribution < 1.29 is 14.3 Å². The number of carbonyl (C=O) groups is 2. The third kappa shape index (κ3) is 2.16. The average Bonchev–Trinajstić information content (AvgIpc) is 2.94. The monoisotopic (exact) mass is 266 g/mol. The summed E-state index contributed by atoms with van der Waals surface area (Å²) in [5.41, 5.74) is 7.18. The molecule has 19 heavy (non-hydrogen) atoms. The van der Waals surface area contributed by atoms with Gasteiger partial charge in [-0.05, 0) is 19.8 Å². The highest BCUT2D eigenvalue weighted by molar-refractivity contribution is 6.00. The molecule has 1 saturated heterocycles. The maximum Gasteiger partial charge on any atom is 0.328 e. The number of hydrogen-bond donors (Lipinski definition) is 1. The van der Waals surface area contributed by atoms with Crippen molar-refractivity contribution in [2.45, 2.75) is 25.8 Å². The van der Waals surface area contributed by atoms with Gasteiger partial charge in [0.15, 0.2) is 0 Å². The SMILES string of the molecule is COC(=O)C1CCCN1C(=O)c1c(N)c(C)nn1C. The van der Waals surface area contributed by atoms with E-state index in [1.54, 1.807) is 14.0 Å². The molecule has 2 N–H and O–H groups in total. The standard InChI is InChI=1S/C12H18N4O3/c1-7-9(13)10(15(2)14-7)11(17)16-6-4-5-8(16)12(18)19-3/h8H,4-6,13H2,1-3H3. The first-order valence-corrected chi connectivity index (χ1v) is 6.15. The normalized spacial score (nSPS) is 18.7. The molecule has 0 radical (unpaired) electrons. The molecule has 1 aliphatic rings. The van der Waals surface area contributed by atoms with Gasteiger partial charge in [0.2, 0.25) is 0 Å². The second kappa shape index (κ2) is 4.91. The zero-order valence-electron chi connectivity index (χ0n) is 11.3. The number of carbonyl (C=O) groups excluding carboxylic acids is 2.